The van der Waals surface area contributed by atoms with E-state index < -0.39 is 0 Å². The maximum absolute atomic E-state index is 10.9. The molecule has 1 saturated carbocycles. The summed E-state index contributed by atoms with van der Waals surface area (Å²) in [5.41, 5.74) is 3.55. The van der Waals surface area contributed by atoms with Gasteiger partial charge in [0.2, 0.25) is 0 Å². The van der Waals surface area contributed by atoms with E-state index >= 15 is 0 Å². The van der Waals surface area contributed by atoms with Crippen LogP contribution in [0, 0.1) is 24.2 Å². The van der Waals surface area contributed by atoms with E-state index in [1.54, 1.807) is 6.92 Å². The van der Waals surface area contributed by atoms with Gasteiger partial charge in [0.05, 0.1) is 24.1 Å². The van der Waals surface area contributed by atoms with Crippen molar-refractivity contribution in [3.05, 3.63) is 45.5 Å². The van der Waals surface area contributed by atoms with E-state index in [-0.39, 0.29) is 17.1 Å². The van der Waals surface area contributed by atoms with Crippen molar-refractivity contribution in [2.45, 2.75) is 53.9 Å². The first-order valence-electron chi connectivity index (χ1n) is 10.8. The standard InChI is InChI=1S/C25H35ClN2O4/c1-15(12-13-25(5)16(2)9-11-21(28-30)18(25)4)8-10-19-23(29)20(14-27-32-7)17(3)22(26)24(19)31-6/h8,12-14,16,18,29-30H,9-11H2,1-7H3/b13-12+,15-8+,27-14+,28-21+/t16-,18+,25+/m1/s1. The molecule has 0 unspecified atom stereocenters. The summed E-state index contributed by atoms with van der Waals surface area (Å²) in [6.45, 7) is 10.4. The third-order valence-corrected chi connectivity index (χ3v) is 7.48. The van der Waals surface area contributed by atoms with Gasteiger partial charge in [-0.2, -0.15) is 0 Å². The summed E-state index contributed by atoms with van der Waals surface area (Å²) in [6.07, 6.45) is 10.0. The molecule has 7 heteroatoms. The smallest absolute Gasteiger partial charge is 0.144 e. The zero-order chi connectivity index (χ0) is 24.1. The Balaban J connectivity index is 2.36. The number of methoxy groups -OCH3 is 1. The Morgan fingerprint density at radius 1 is 1.31 bits per heavy atom. The Hall–Kier alpha value is -2.47. The molecule has 0 saturated heterocycles. The number of aromatic hydroxyl groups is 1. The number of rotatable bonds is 7. The Labute approximate surface area is 196 Å². The molecule has 1 aromatic rings. The molecule has 176 valence electrons. The van der Waals surface area contributed by atoms with Gasteiger partial charge in [0, 0.05) is 17.0 Å². The number of ether oxygens (including phenoxy) is 1. The fraction of sp³-hybridized carbons (Fsp3) is 0.520. The zero-order valence-corrected chi connectivity index (χ0v) is 20.8. The van der Waals surface area contributed by atoms with Gasteiger partial charge >= 0.3 is 0 Å². The lowest BCUT2D eigenvalue weighted by atomic mass is 9.61. The number of halogens is 1. The van der Waals surface area contributed by atoms with E-state index in [9.17, 15) is 10.3 Å². The highest BCUT2D eigenvalue weighted by Gasteiger charge is 2.40. The summed E-state index contributed by atoms with van der Waals surface area (Å²) in [5.74, 6) is 1.15. The molecule has 6 nitrogen and oxygen atoms in total. The van der Waals surface area contributed by atoms with Crippen LogP contribution in [0.4, 0.5) is 0 Å². The lowest BCUT2D eigenvalue weighted by Crippen LogP contribution is -2.40. The topological polar surface area (TPSA) is 83.6 Å². The molecule has 0 aliphatic heterocycles. The van der Waals surface area contributed by atoms with Gasteiger partial charge in [-0.25, -0.2) is 0 Å². The molecule has 3 atom stereocenters. The second-order valence-corrected chi connectivity index (χ2v) is 9.11. The van der Waals surface area contributed by atoms with Gasteiger partial charge in [-0.1, -0.05) is 66.5 Å². The highest BCUT2D eigenvalue weighted by molar-refractivity contribution is 6.33. The number of allylic oxidation sites excluding steroid dienone is 4. The summed E-state index contributed by atoms with van der Waals surface area (Å²) in [7, 11) is 2.98. The van der Waals surface area contributed by atoms with Gasteiger partial charge in [-0.05, 0) is 50.0 Å². The van der Waals surface area contributed by atoms with Crippen LogP contribution < -0.4 is 4.74 Å². The van der Waals surface area contributed by atoms with Gasteiger partial charge in [0.15, 0.2) is 0 Å². The molecule has 0 radical (unpaired) electrons. The van der Waals surface area contributed by atoms with Crippen molar-refractivity contribution in [3.63, 3.8) is 0 Å². The minimum absolute atomic E-state index is 0.0721. The van der Waals surface area contributed by atoms with E-state index in [1.165, 1.54) is 20.4 Å². The van der Waals surface area contributed by atoms with E-state index in [1.807, 2.05) is 13.0 Å². The van der Waals surface area contributed by atoms with Gasteiger partial charge in [-0.15, -0.1) is 0 Å². The first-order chi connectivity index (χ1) is 15.1. The van der Waals surface area contributed by atoms with Crippen LogP contribution in [-0.2, 0) is 11.3 Å². The first kappa shape index (κ1) is 25.8. The summed E-state index contributed by atoms with van der Waals surface area (Å²) in [5, 5.41) is 28.0. The molecular formula is C25H35ClN2O4. The van der Waals surface area contributed by atoms with Crippen molar-refractivity contribution in [1.82, 2.24) is 0 Å². The predicted octanol–water partition coefficient (Wildman–Crippen LogP) is 6.29. The van der Waals surface area contributed by atoms with Crippen molar-refractivity contribution < 1.29 is 19.9 Å². The fourth-order valence-electron chi connectivity index (χ4n) is 4.30. The van der Waals surface area contributed by atoms with Crippen LogP contribution in [-0.4, -0.2) is 36.5 Å². The van der Waals surface area contributed by atoms with Crippen LogP contribution in [0.2, 0.25) is 5.02 Å². The summed E-state index contributed by atoms with van der Waals surface area (Å²) < 4.78 is 5.50. The number of nitrogens with zero attached hydrogens (tertiary/aromatic N) is 2. The molecule has 2 rings (SSSR count). The average Bonchev–Trinajstić information content (AvgIpc) is 2.78. The van der Waals surface area contributed by atoms with Crippen LogP contribution in [0.1, 0.15) is 57.2 Å². The minimum atomic E-state index is -0.105. The Kier molecular flexibility index (Phi) is 8.79. The molecule has 1 fully saturated rings. The van der Waals surface area contributed by atoms with Crippen molar-refractivity contribution in [3.8, 4) is 11.5 Å². The number of benzene rings is 1. The number of hydrogen-bond acceptors (Lipinski definition) is 6. The highest BCUT2D eigenvalue weighted by Crippen LogP contribution is 2.45. The Morgan fingerprint density at radius 3 is 2.59 bits per heavy atom. The number of oxime groups is 2. The average molecular weight is 463 g/mol. The molecule has 1 aliphatic carbocycles. The van der Waals surface area contributed by atoms with Gasteiger partial charge < -0.3 is 19.9 Å². The molecular weight excluding hydrogens is 428 g/mol. The second-order valence-electron chi connectivity index (χ2n) is 8.73. The SMILES string of the molecule is CO/N=C/c1c(C)c(Cl)c(OC)c(C/C=C(C)/C=C/[C@@]2(C)[C@H](C)CC/C(=N\O)[C@@H]2C)c1O. The first-order valence-corrected chi connectivity index (χ1v) is 11.2. The predicted molar refractivity (Wildman–Crippen MR) is 131 cm³/mol. The van der Waals surface area contributed by atoms with Gasteiger partial charge in [0.1, 0.15) is 18.6 Å². The van der Waals surface area contributed by atoms with Crippen LogP contribution in [0.15, 0.2) is 34.1 Å². The minimum Gasteiger partial charge on any atom is -0.507 e. The Bertz CT molecular complexity index is 952. The van der Waals surface area contributed by atoms with Gasteiger partial charge in [-0.3, -0.25) is 0 Å². The van der Waals surface area contributed by atoms with Crippen molar-refractivity contribution in [2.24, 2.45) is 27.6 Å². The van der Waals surface area contributed by atoms with E-state index in [4.69, 9.17) is 21.2 Å². The van der Waals surface area contributed by atoms with Gasteiger partial charge in [0.25, 0.3) is 0 Å². The lowest BCUT2D eigenvalue weighted by Gasteiger charge is -2.43. The largest absolute Gasteiger partial charge is 0.507 e. The maximum Gasteiger partial charge on any atom is 0.144 e. The fourth-order valence-corrected chi connectivity index (χ4v) is 4.59. The Morgan fingerprint density at radius 2 is 2.00 bits per heavy atom. The summed E-state index contributed by atoms with van der Waals surface area (Å²) in [6, 6.07) is 0. The zero-order valence-electron chi connectivity index (χ0n) is 20.1. The molecule has 0 spiro atoms. The third-order valence-electron chi connectivity index (χ3n) is 7.03. The number of hydrogen-bond donors (Lipinski definition) is 2. The number of phenols is 1. The molecule has 1 aromatic carbocycles. The highest BCUT2D eigenvalue weighted by atomic mass is 35.5. The summed E-state index contributed by atoms with van der Waals surface area (Å²) in [4.78, 5) is 4.76. The van der Waals surface area contributed by atoms with Crippen LogP contribution in [0.5, 0.6) is 11.5 Å². The lowest BCUT2D eigenvalue weighted by molar-refractivity contribution is 0.184. The monoisotopic (exact) mass is 462 g/mol. The molecule has 0 aromatic heterocycles. The quantitative estimate of drug-likeness (QED) is 0.216. The molecule has 0 bridgehead atoms. The van der Waals surface area contributed by atoms with E-state index in [0.29, 0.717) is 39.8 Å². The molecule has 1 aliphatic rings. The second kappa shape index (κ2) is 10.9. The maximum atomic E-state index is 10.9. The van der Waals surface area contributed by atoms with E-state index in [0.717, 1.165) is 24.1 Å². The van der Waals surface area contributed by atoms with Crippen molar-refractivity contribution in [1.29, 1.82) is 0 Å². The van der Waals surface area contributed by atoms with Crippen LogP contribution in [0.3, 0.4) is 0 Å². The van der Waals surface area contributed by atoms with Crippen molar-refractivity contribution >= 4 is 23.5 Å². The van der Waals surface area contributed by atoms with Crippen molar-refractivity contribution in [2.75, 3.05) is 14.2 Å². The molecule has 0 amide bonds. The third kappa shape index (κ3) is 5.12. The molecule has 32 heavy (non-hydrogen) atoms. The van der Waals surface area contributed by atoms with Crippen LogP contribution >= 0.6 is 11.6 Å². The number of phenolic OH excluding ortho intramolecular Hbond substituents is 1. The molecule has 2 N–H and O–H groups in total. The summed E-state index contributed by atoms with van der Waals surface area (Å²) >= 11 is 6.51. The normalized spacial score (nSPS) is 25.8. The van der Waals surface area contributed by atoms with Crippen LogP contribution in [0.25, 0.3) is 0 Å². The molecule has 0 heterocycles. The van der Waals surface area contributed by atoms with E-state index in [2.05, 4.69) is 43.2 Å².